The molecule has 26 heavy (non-hydrogen) atoms. The Bertz CT molecular complexity index is 982. The standard InChI is InChI=1S/C17H14F3N5O/c18-17(19,20)12-3-1-6-15-10(12)7-8-25(15)24-16(26)22-13-4-2-5-14-11(13)9-21-23-14/h1-6,9H,7-8H2,(H,21,23)(H2,22,24,26). The lowest BCUT2D eigenvalue weighted by Gasteiger charge is -2.21. The number of benzene rings is 2. The normalized spacial score (nSPS) is 13.7. The van der Waals surface area contributed by atoms with E-state index in [1.807, 2.05) is 6.07 Å². The quantitative estimate of drug-likeness (QED) is 0.652. The molecule has 1 aliphatic rings. The van der Waals surface area contributed by atoms with Gasteiger partial charge in [0.15, 0.2) is 0 Å². The van der Waals surface area contributed by atoms with E-state index < -0.39 is 17.8 Å². The monoisotopic (exact) mass is 361 g/mol. The first-order chi connectivity index (χ1) is 12.4. The molecular formula is C17H14F3N5O. The highest BCUT2D eigenvalue weighted by Gasteiger charge is 2.36. The molecule has 2 heterocycles. The Morgan fingerprint density at radius 1 is 1.19 bits per heavy atom. The highest BCUT2D eigenvalue weighted by molar-refractivity contribution is 6.00. The van der Waals surface area contributed by atoms with Crippen LogP contribution in [0.25, 0.3) is 10.9 Å². The molecule has 0 aliphatic carbocycles. The molecule has 6 nitrogen and oxygen atoms in total. The Kier molecular flexibility index (Phi) is 3.71. The zero-order chi connectivity index (χ0) is 18.3. The second-order valence-corrected chi connectivity index (χ2v) is 5.91. The van der Waals surface area contributed by atoms with Crippen LogP contribution < -0.4 is 15.8 Å². The Hall–Kier alpha value is -3.23. The number of anilines is 2. The average molecular weight is 361 g/mol. The minimum Gasteiger partial charge on any atom is -0.306 e. The molecule has 2 aromatic carbocycles. The molecule has 134 valence electrons. The van der Waals surface area contributed by atoms with Crippen molar-refractivity contribution in [3.8, 4) is 0 Å². The van der Waals surface area contributed by atoms with Gasteiger partial charge in [0, 0.05) is 11.9 Å². The van der Waals surface area contributed by atoms with Gasteiger partial charge >= 0.3 is 12.2 Å². The van der Waals surface area contributed by atoms with Crippen LogP contribution in [-0.4, -0.2) is 22.8 Å². The Morgan fingerprint density at radius 3 is 2.81 bits per heavy atom. The summed E-state index contributed by atoms with van der Waals surface area (Å²) in [6.45, 7) is 0.270. The van der Waals surface area contributed by atoms with Crippen LogP contribution in [0.1, 0.15) is 11.1 Å². The van der Waals surface area contributed by atoms with Gasteiger partial charge in [0.2, 0.25) is 0 Å². The summed E-state index contributed by atoms with van der Waals surface area (Å²) >= 11 is 0. The second kappa shape index (κ2) is 5.94. The number of rotatable bonds is 2. The summed E-state index contributed by atoms with van der Waals surface area (Å²) in [5.74, 6) is 0. The smallest absolute Gasteiger partial charge is 0.306 e. The van der Waals surface area contributed by atoms with Crippen LogP contribution in [0.15, 0.2) is 42.6 Å². The maximum absolute atomic E-state index is 13.1. The van der Waals surface area contributed by atoms with E-state index in [0.717, 1.165) is 17.0 Å². The molecule has 0 unspecified atom stereocenters. The molecule has 0 radical (unpaired) electrons. The van der Waals surface area contributed by atoms with Crippen molar-refractivity contribution in [3.05, 3.63) is 53.7 Å². The number of carbonyl (C=O) groups excluding carboxylic acids is 1. The molecule has 0 atom stereocenters. The van der Waals surface area contributed by atoms with Gasteiger partial charge in [-0.1, -0.05) is 12.1 Å². The molecule has 4 rings (SSSR count). The van der Waals surface area contributed by atoms with E-state index in [0.29, 0.717) is 11.4 Å². The van der Waals surface area contributed by atoms with Gasteiger partial charge in [-0.25, -0.2) is 10.2 Å². The third-order valence-corrected chi connectivity index (χ3v) is 4.30. The van der Waals surface area contributed by atoms with E-state index >= 15 is 0 Å². The predicted octanol–water partition coefficient (Wildman–Crippen LogP) is 3.68. The van der Waals surface area contributed by atoms with Crippen molar-refractivity contribution >= 4 is 28.3 Å². The fraction of sp³-hybridized carbons (Fsp3) is 0.176. The number of urea groups is 1. The fourth-order valence-electron chi connectivity index (χ4n) is 3.17. The van der Waals surface area contributed by atoms with E-state index in [2.05, 4.69) is 20.9 Å². The molecule has 1 aliphatic heterocycles. The molecular weight excluding hydrogens is 347 g/mol. The summed E-state index contributed by atoms with van der Waals surface area (Å²) in [5, 5.41) is 11.6. The number of aromatic amines is 1. The second-order valence-electron chi connectivity index (χ2n) is 5.91. The number of hydrogen-bond acceptors (Lipinski definition) is 3. The third kappa shape index (κ3) is 2.81. The minimum absolute atomic E-state index is 0.192. The number of nitrogens with one attached hydrogen (secondary N) is 3. The summed E-state index contributed by atoms with van der Waals surface area (Å²) < 4.78 is 39.3. The molecule has 1 aromatic heterocycles. The number of aromatic nitrogens is 2. The van der Waals surface area contributed by atoms with Gasteiger partial charge in [-0.15, -0.1) is 0 Å². The summed E-state index contributed by atoms with van der Waals surface area (Å²) in [7, 11) is 0. The largest absolute Gasteiger partial charge is 0.416 e. The van der Waals surface area contributed by atoms with Gasteiger partial charge in [0.1, 0.15) is 0 Å². The lowest BCUT2D eigenvalue weighted by Crippen LogP contribution is -2.43. The van der Waals surface area contributed by atoms with Crippen LogP contribution in [0.2, 0.25) is 0 Å². The number of alkyl halides is 3. The molecule has 3 aromatic rings. The van der Waals surface area contributed by atoms with Crippen LogP contribution in [0.4, 0.5) is 29.3 Å². The van der Waals surface area contributed by atoms with Crippen molar-refractivity contribution in [1.29, 1.82) is 0 Å². The number of nitrogens with zero attached hydrogens (tertiary/aromatic N) is 2. The van der Waals surface area contributed by atoms with Crippen molar-refractivity contribution in [3.63, 3.8) is 0 Å². The first-order valence-corrected chi connectivity index (χ1v) is 7.90. The van der Waals surface area contributed by atoms with Gasteiger partial charge in [0.25, 0.3) is 0 Å². The highest BCUT2D eigenvalue weighted by atomic mass is 19.4. The zero-order valence-corrected chi connectivity index (χ0v) is 13.4. The first kappa shape index (κ1) is 16.2. The van der Waals surface area contributed by atoms with Crippen LogP contribution in [0, 0.1) is 0 Å². The van der Waals surface area contributed by atoms with Crippen molar-refractivity contribution in [2.75, 3.05) is 16.9 Å². The molecule has 0 fully saturated rings. The molecule has 3 N–H and O–H groups in total. The first-order valence-electron chi connectivity index (χ1n) is 7.90. The number of carbonyl (C=O) groups is 1. The van der Waals surface area contributed by atoms with Crippen LogP contribution in [-0.2, 0) is 12.6 Å². The number of hydrogen-bond donors (Lipinski definition) is 3. The fourth-order valence-corrected chi connectivity index (χ4v) is 3.17. The zero-order valence-electron chi connectivity index (χ0n) is 13.4. The van der Waals surface area contributed by atoms with E-state index in [1.165, 1.54) is 11.1 Å². The average Bonchev–Trinajstić information content (AvgIpc) is 3.21. The van der Waals surface area contributed by atoms with Crippen LogP contribution in [0.3, 0.4) is 0 Å². The molecule has 0 saturated heterocycles. The third-order valence-electron chi connectivity index (χ3n) is 4.30. The van der Waals surface area contributed by atoms with Gasteiger partial charge in [-0.05, 0) is 36.2 Å². The molecule has 9 heteroatoms. The number of hydrazine groups is 1. The maximum atomic E-state index is 13.1. The van der Waals surface area contributed by atoms with Crippen molar-refractivity contribution in [2.45, 2.75) is 12.6 Å². The molecule has 2 amide bonds. The SMILES string of the molecule is O=C(Nc1cccc2[nH]ncc12)NN1CCc2c1cccc2C(F)(F)F. The molecule has 0 spiro atoms. The number of fused-ring (bicyclic) bond motifs is 2. The van der Waals surface area contributed by atoms with Gasteiger partial charge in [-0.2, -0.15) is 18.3 Å². The van der Waals surface area contributed by atoms with Crippen LogP contribution >= 0.6 is 0 Å². The summed E-state index contributed by atoms with van der Waals surface area (Å²) in [6, 6.07) is 8.72. The Balaban J connectivity index is 1.53. The number of amides is 2. The van der Waals surface area contributed by atoms with Gasteiger partial charge in [-0.3, -0.25) is 10.1 Å². The Labute approximate surface area is 146 Å². The number of H-pyrrole nitrogens is 1. The van der Waals surface area contributed by atoms with Crippen molar-refractivity contribution in [1.82, 2.24) is 15.6 Å². The minimum atomic E-state index is -4.42. The molecule has 0 saturated carbocycles. The Morgan fingerprint density at radius 2 is 2.00 bits per heavy atom. The van der Waals surface area contributed by atoms with Crippen molar-refractivity contribution in [2.24, 2.45) is 0 Å². The topological polar surface area (TPSA) is 73.0 Å². The van der Waals surface area contributed by atoms with E-state index in [4.69, 9.17) is 0 Å². The lowest BCUT2D eigenvalue weighted by molar-refractivity contribution is -0.138. The van der Waals surface area contributed by atoms with E-state index in [9.17, 15) is 18.0 Å². The highest BCUT2D eigenvalue weighted by Crippen LogP contribution is 2.38. The summed E-state index contributed by atoms with van der Waals surface area (Å²) in [5.41, 5.74) is 3.81. The van der Waals surface area contributed by atoms with Gasteiger partial charge in [0.05, 0.1) is 28.7 Å². The predicted molar refractivity (Wildman–Crippen MR) is 90.7 cm³/mol. The van der Waals surface area contributed by atoms with Crippen LogP contribution in [0.5, 0.6) is 0 Å². The van der Waals surface area contributed by atoms with E-state index in [-0.39, 0.29) is 18.5 Å². The van der Waals surface area contributed by atoms with E-state index in [1.54, 1.807) is 24.4 Å². The maximum Gasteiger partial charge on any atom is 0.416 e. The van der Waals surface area contributed by atoms with Crippen molar-refractivity contribution < 1.29 is 18.0 Å². The summed E-state index contributed by atoms with van der Waals surface area (Å²) in [6.07, 6.45) is -2.62. The number of halogens is 3. The lowest BCUT2D eigenvalue weighted by atomic mass is 10.0. The summed E-state index contributed by atoms with van der Waals surface area (Å²) in [4.78, 5) is 12.3. The molecule has 0 bridgehead atoms. The van der Waals surface area contributed by atoms with Gasteiger partial charge < -0.3 is 5.32 Å².